The molecule has 8 heteroatoms. The molecule has 1 aliphatic rings. The lowest BCUT2D eigenvalue weighted by Crippen LogP contribution is -2.54. The Balaban J connectivity index is 2.04. The molecule has 1 amide bonds. The Hall–Kier alpha value is -2.19. The first-order chi connectivity index (χ1) is 11.7. The van der Waals surface area contributed by atoms with Crippen LogP contribution in [0.4, 0.5) is 5.82 Å². The van der Waals surface area contributed by atoms with Crippen LogP contribution in [-0.4, -0.2) is 79.0 Å². The number of carboxylic acids is 1. The molecule has 1 saturated heterocycles. The second-order valence-electron chi connectivity index (χ2n) is 6.87. The number of rotatable bonds is 6. The van der Waals surface area contributed by atoms with E-state index >= 15 is 0 Å². The minimum absolute atomic E-state index is 0.0000376. The van der Waals surface area contributed by atoms with Crippen molar-refractivity contribution in [1.29, 1.82) is 0 Å². The quantitative estimate of drug-likeness (QED) is 0.813. The molecule has 1 fully saturated rings. The lowest BCUT2D eigenvalue weighted by Gasteiger charge is -2.43. The zero-order chi connectivity index (χ0) is 18.6. The van der Waals surface area contributed by atoms with Crippen LogP contribution in [-0.2, 0) is 14.3 Å². The van der Waals surface area contributed by atoms with Gasteiger partial charge >= 0.3 is 5.97 Å². The number of nitrogens with zero attached hydrogens (tertiary/aromatic N) is 3. The first-order valence-electron chi connectivity index (χ1n) is 8.09. The minimum Gasteiger partial charge on any atom is -0.477 e. The number of aromatic carboxylic acids is 1. The van der Waals surface area contributed by atoms with E-state index in [-0.39, 0.29) is 30.9 Å². The van der Waals surface area contributed by atoms with Gasteiger partial charge in [-0.25, -0.2) is 9.78 Å². The molecule has 1 unspecified atom stereocenters. The van der Waals surface area contributed by atoms with Crippen molar-refractivity contribution in [2.45, 2.75) is 25.6 Å². The number of likely N-dealkylation sites (N-methyl/N-ethyl adjacent to an activating group) is 1. The maximum atomic E-state index is 11.6. The van der Waals surface area contributed by atoms with Crippen LogP contribution in [0.2, 0.25) is 0 Å². The number of carbonyl (C=O) groups is 2. The van der Waals surface area contributed by atoms with E-state index in [4.69, 9.17) is 14.6 Å². The Morgan fingerprint density at radius 2 is 2.16 bits per heavy atom. The fourth-order valence-corrected chi connectivity index (χ4v) is 2.68. The summed E-state index contributed by atoms with van der Waals surface area (Å²) in [6.07, 6.45) is -0.242. The smallest absolute Gasteiger partial charge is 0.354 e. The van der Waals surface area contributed by atoms with E-state index < -0.39 is 11.6 Å². The second-order valence-corrected chi connectivity index (χ2v) is 6.87. The van der Waals surface area contributed by atoms with Gasteiger partial charge in [-0.1, -0.05) is 6.07 Å². The first-order valence-corrected chi connectivity index (χ1v) is 8.09. The highest BCUT2D eigenvalue weighted by Gasteiger charge is 2.34. The number of hydrogen-bond donors (Lipinski definition) is 1. The molecule has 0 saturated carbocycles. The van der Waals surface area contributed by atoms with Crippen molar-refractivity contribution in [3.63, 3.8) is 0 Å². The van der Waals surface area contributed by atoms with Gasteiger partial charge in [-0.05, 0) is 26.0 Å². The predicted molar refractivity (Wildman–Crippen MR) is 91.9 cm³/mol. The molecule has 0 spiro atoms. The third kappa shape index (κ3) is 5.40. The van der Waals surface area contributed by atoms with Gasteiger partial charge < -0.3 is 24.4 Å². The topological polar surface area (TPSA) is 92.2 Å². The van der Waals surface area contributed by atoms with E-state index in [0.717, 1.165) is 0 Å². The minimum atomic E-state index is -1.06. The number of morpholine rings is 1. The molecule has 8 nitrogen and oxygen atoms in total. The molecule has 0 radical (unpaired) electrons. The van der Waals surface area contributed by atoms with Gasteiger partial charge in [-0.2, -0.15) is 0 Å². The van der Waals surface area contributed by atoms with Crippen LogP contribution in [0.1, 0.15) is 24.3 Å². The second kappa shape index (κ2) is 7.79. The Bertz CT molecular complexity index is 632. The van der Waals surface area contributed by atoms with E-state index in [1.54, 1.807) is 26.2 Å². The molecular formula is C17H25N3O5. The fourth-order valence-electron chi connectivity index (χ4n) is 2.68. The van der Waals surface area contributed by atoms with Crippen molar-refractivity contribution < 1.29 is 24.2 Å². The third-order valence-corrected chi connectivity index (χ3v) is 3.79. The number of pyridine rings is 1. The van der Waals surface area contributed by atoms with Gasteiger partial charge in [-0.3, -0.25) is 4.79 Å². The average Bonchev–Trinajstić information content (AvgIpc) is 2.53. The van der Waals surface area contributed by atoms with Gasteiger partial charge in [0.15, 0.2) is 5.69 Å². The molecule has 1 aromatic rings. The maximum absolute atomic E-state index is 11.6. The Labute approximate surface area is 147 Å². The molecular weight excluding hydrogens is 326 g/mol. The van der Waals surface area contributed by atoms with Crippen LogP contribution in [0, 0.1) is 0 Å². The third-order valence-electron chi connectivity index (χ3n) is 3.79. The largest absolute Gasteiger partial charge is 0.477 e. The van der Waals surface area contributed by atoms with Crippen molar-refractivity contribution in [2.24, 2.45) is 0 Å². The number of hydrogen-bond acceptors (Lipinski definition) is 6. The molecule has 0 bridgehead atoms. The molecule has 138 valence electrons. The summed E-state index contributed by atoms with van der Waals surface area (Å²) in [5.41, 5.74) is -0.440. The van der Waals surface area contributed by atoms with E-state index in [1.165, 1.54) is 11.0 Å². The summed E-state index contributed by atoms with van der Waals surface area (Å²) in [6.45, 7) is 5.28. The summed E-state index contributed by atoms with van der Waals surface area (Å²) in [5.74, 6) is -0.579. The normalized spacial score (nSPS) is 19.5. The fraction of sp³-hybridized carbons (Fsp3) is 0.588. The monoisotopic (exact) mass is 351 g/mol. The highest BCUT2D eigenvalue weighted by atomic mass is 16.6. The van der Waals surface area contributed by atoms with Crippen LogP contribution < -0.4 is 4.90 Å². The maximum Gasteiger partial charge on any atom is 0.354 e. The van der Waals surface area contributed by atoms with Gasteiger partial charge in [-0.15, -0.1) is 0 Å². The lowest BCUT2D eigenvalue weighted by atomic mass is 10.1. The summed E-state index contributed by atoms with van der Waals surface area (Å²) < 4.78 is 11.5. The average molecular weight is 351 g/mol. The molecule has 2 rings (SSSR count). The van der Waals surface area contributed by atoms with Gasteiger partial charge in [0.25, 0.3) is 0 Å². The standard InChI is InChI=1S/C17H25N3O5/c1-17(2)11-20(14-7-5-6-13(18-14)16(22)23)8-12(25-17)9-24-10-15(21)19(3)4/h5-7,12H,8-11H2,1-4H3,(H,22,23). The lowest BCUT2D eigenvalue weighted by molar-refractivity contribution is -0.139. The molecule has 2 heterocycles. The van der Waals surface area contributed by atoms with Crippen LogP contribution in [0.25, 0.3) is 0 Å². The number of carboxylic acid groups (broad SMARTS) is 1. The molecule has 1 aromatic heterocycles. The van der Waals surface area contributed by atoms with Crippen molar-refractivity contribution in [3.05, 3.63) is 23.9 Å². The van der Waals surface area contributed by atoms with Crippen molar-refractivity contribution in [2.75, 3.05) is 45.3 Å². The Morgan fingerprint density at radius 3 is 2.80 bits per heavy atom. The SMILES string of the molecule is CN(C)C(=O)COCC1CN(c2cccc(C(=O)O)n2)CC(C)(C)O1. The zero-order valence-electron chi connectivity index (χ0n) is 15.1. The van der Waals surface area contributed by atoms with E-state index in [1.807, 2.05) is 18.7 Å². The summed E-state index contributed by atoms with van der Waals surface area (Å²) >= 11 is 0. The van der Waals surface area contributed by atoms with Crippen LogP contribution >= 0.6 is 0 Å². The van der Waals surface area contributed by atoms with Crippen molar-refractivity contribution in [1.82, 2.24) is 9.88 Å². The molecule has 0 aliphatic carbocycles. The number of carbonyl (C=O) groups excluding carboxylic acids is 1. The van der Waals surface area contributed by atoms with E-state index in [2.05, 4.69) is 4.98 Å². The first kappa shape index (κ1) is 19.1. The van der Waals surface area contributed by atoms with Crippen LogP contribution in [0.15, 0.2) is 18.2 Å². The molecule has 1 aliphatic heterocycles. The Morgan fingerprint density at radius 1 is 1.44 bits per heavy atom. The number of aromatic nitrogens is 1. The van der Waals surface area contributed by atoms with Crippen LogP contribution in [0.5, 0.6) is 0 Å². The van der Waals surface area contributed by atoms with E-state index in [0.29, 0.717) is 18.9 Å². The molecule has 0 aromatic carbocycles. The van der Waals surface area contributed by atoms with E-state index in [9.17, 15) is 9.59 Å². The van der Waals surface area contributed by atoms with Gasteiger partial charge in [0.2, 0.25) is 5.91 Å². The van der Waals surface area contributed by atoms with Gasteiger partial charge in [0.05, 0.1) is 18.3 Å². The predicted octanol–water partition coefficient (Wildman–Crippen LogP) is 0.868. The molecule has 1 atom stereocenters. The highest BCUT2D eigenvalue weighted by Crippen LogP contribution is 2.25. The summed E-state index contributed by atoms with van der Waals surface area (Å²) in [6, 6.07) is 4.92. The van der Waals surface area contributed by atoms with Crippen molar-refractivity contribution >= 4 is 17.7 Å². The summed E-state index contributed by atoms with van der Waals surface area (Å²) in [7, 11) is 3.35. The number of ether oxygens (including phenoxy) is 2. The highest BCUT2D eigenvalue weighted by molar-refractivity contribution is 5.85. The Kier molecular flexibility index (Phi) is 5.97. The summed E-state index contributed by atoms with van der Waals surface area (Å²) in [5, 5.41) is 9.11. The van der Waals surface area contributed by atoms with Gasteiger partial charge in [0.1, 0.15) is 12.4 Å². The number of amides is 1. The molecule has 1 N–H and O–H groups in total. The zero-order valence-corrected chi connectivity index (χ0v) is 15.1. The summed E-state index contributed by atoms with van der Waals surface area (Å²) in [4.78, 5) is 30.4. The molecule has 25 heavy (non-hydrogen) atoms. The van der Waals surface area contributed by atoms with Crippen molar-refractivity contribution in [3.8, 4) is 0 Å². The van der Waals surface area contributed by atoms with Crippen LogP contribution in [0.3, 0.4) is 0 Å². The number of anilines is 1. The van der Waals surface area contributed by atoms with Gasteiger partial charge in [0, 0.05) is 27.2 Å².